The molecule has 2 N–H and O–H groups in total. The van der Waals surface area contributed by atoms with Crippen LogP contribution in [0.5, 0.6) is 5.75 Å². The van der Waals surface area contributed by atoms with E-state index in [-0.39, 0.29) is 41.8 Å². The maximum atomic E-state index is 13.3. The fourth-order valence-electron chi connectivity index (χ4n) is 5.32. The average molecular weight is 452 g/mol. The molecule has 8 heteroatoms. The molecule has 0 bridgehead atoms. The number of rotatable bonds is 2. The molecule has 0 aliphatic carbocycles. The van der Waals surface area contributed by atoms with Gasteiger partial charge in [-0.25, -0.2) is 0 Å². The van der Waals surface area contributed by atoms with Gasteiger partial charge in [-0.3, -0.25) is 9.59 Å². The molecular weight excluding hydrogens is 418 g/mol. The molecule has 172 valence electrons. The summed E-state index contributed by atoms with van der Waals surface area (Å²) in [7, 11) is 1.70. The number of piperidine rings is 1. The van der Waals surface area contributed by atoms with Crippen molar-refractivity contribution >= 4 is 24.2 Å². The number of carbonyl (C=O) groups is 2. The molecule has 1 aromatic rings. The van der Waals surface area contributed by atoms with Crippen molar-refractivity contribution in [1.29, 1.82) is 0 Å². The molecular formula is C23H34ClN3O4. The molecule has 1 spiro atoms. The quantitative estimate of drug-likeness (QED) is 0.744. The van der Waals surface area contributed by atoms with Crippen molar-refractivity contribution < 1.29 is 19.1 Å². The van der Waals surface area contributed by atoms with Crippen LogP contribution in [0.15, 0.2) is 18.2 Å². The number of amides is 2. The number of hydrogen-bond acceptors (Lipinski definition) is 5. The number of ether oxygens (including phenoxy) is 2. The molecule has 0 radical (unpaired) electrons. The lowest BCUT2D eigenvalue weighted by atomic mass is 9.78. The fraction of sp³-hybridized carbons (Fsp3) is 0.652. The Labute approximate surface area is 190 Å². The van der Waals surface area contributed by atoms with Gasteiger partial charge in [0.15, 0.2) is 0 Å². The van der Waals surface area contributed by atoms with E-state index in [2.05, 4.69) is 6.07 Å². The SMILES string of the molecule is COc1cccc2c1C1(CCN(C(=O)[C@@H]3CC[C@H](N)CN(C(C)=O)C3)CC1)OCC2.Cl. The molecule has 2 saturated heterocycles. The van der Waals surface area contributed by atoms with E-state index in [4.69, 9.17) is 15.2 Å². The lowest BCUT2D eigenvalue weighted by Gasteiger charge is -2.46. The second-order valence-corrected chi connectivity index (χ2v) is 8.87. The summed E-state index contributed by atoms with van der Waals surface area (Å²) in [5.74, 6) is 0.829. The number of fused-ring (bicyclic) bond motifs is 2. The Morgan fingerprint density at radius 1 is 1.16 bits per heavy atom. The molecule has 2 fully saturated rings. The van der Waals surface area contributed by atoms with Crippen molar-refractivity contribution in [3.05, 3.63) is 29.3 Å². The molecule has 3 heterocycles. The van der Waals surface area contributed by atoms with Gasteiger partial charge in [0.05, 0.1) is 19.6 Å². The molecule has 2 atom stereocenters. The molecule has 4 rings (SSSR count). The molecule has 2 amide bonds. The zero-order valence-corrected chi connectivity index (χ0v) is 19.3. The molecule has 7 nitrogen and oxygen atoms in total. The second-order valence-electron chi connectivity index (χ2n) is 8.87. The maximum Gasteiger partial charge on any atom is 0.227 e. The molecule has 3 aliphatic rings. The highest BCUT2D eigenvalue weighted by Crippen LogP contribution is 2.46. The van der Waals surface area contributed by atoms with Gasteiger partial charge in [-0.2, -0.15) is 0 Å². The van der Waals surface area contributed by atoms with E-state index in [0.29, 0.717) is 32.8 Å². The predicted octanol–water partition coefficient (Wildman–Crippen LogP) is 2.09. The van der Waals surface area contributed by atoms with E-state index < -0.39 is 0 Å². The standard InChI is InChI=1S/C23H33N3O4.ClH/c1-16(27)26-14-18(6-7-19(24)15-26)22(28)25-11-9-23(10-12-25)21-17(8-13-30-23)4-3-5-20(21)29-2;/h3-5,18-19H,6-15,24H2,1-2H3;1H/t18-,19+;/m1./s1. The first-order chi connectivity index (χ1) is 14.4. The Hall–Kier alpha value is -1.83. The third-order valence-electron chi connectivity index (χ3n) is 7.00. The van der Waals surface area contributed by atoms with Crippen LogP contribution in [0.4, 0.5) is 0 Å². The highest BCUT2D eigenvalue weighted by atomic mass is 35.5. The Morgan fingerprint density at radius 3 is 2.58 bits per heavy atom. The van der Waals surface area contributed by atoms with Crippen molar-refractivity contribution in [1.82, 2.24) is 9.80 Å². The summed E-state index contributed by atoms with van der Waals surface area (Å²) in [5.41, 5.74) is 8.19. The summed E-state index contributed by atoms with van der Waals surface area (Å²) in [5, 5.41) is 0. The van der Waals surface area contributed by atoms with Crippen LogP contribution in [0, 0.1) is 5.92 Å². The van der Waals surface area contributed by atoms with Crippen LogP contribution in [-0.2, 0) is 26.3 Å². The third kappa shape index (κ3) is 4.69. The Bertz CT molecular complexity index is 796. The number of nitrogens with two attached hydrogens (primary N) is 1. The summed E-state index contributed by atoms with van der Waals surface area (Å²) in [6, 6.07) is 6.13. The van der Waals surface area contributed by atoms with Crippen LogP contribution < -0.4 is 10.5 Å². The number of likely N-dealkylation sites (tertiary alicyclic amines) is 2. The fourth-order valence-corrected chi connectivity index (χ4v) is 5.32. The van der Waals surface area contributed by atoms with E-state index in [0.717, 1.165) is 43.4 Å². The summed E-state index contributed by atoms with van der Waals surface area (Å²) in [6.07, 6.45) is 3.91. The van der Waals surface area contributed by atoms with E-state index >= 15 is 0 Å². The summed E-state index contributed by atoms with van der Waals surface area (Å²) >= 11 is 0. The van der Waals surface area contributed by atoms with Crippen LogP contribution in [0.2, 0.25) is 0 Å². The highest BCUT2D eigenvalue weighted by molar-refractivity contribution is 5.85. The van der Waals surface area contributed by atoms with Crippen LogP contribution in [0.25, 0.3) is 0 Å². The zero-order chi connectivity index (χ0) is 21.3. The molecule has 1 aromatic carbocycles. The Balaban J connectivity index is 0.00000272. The van der Waals surface area contributed by atoms with Crippen molar-refractivity contribution in [2.24, 2.45) is 11.7 Å². The molecule has 0 aromatic heterocycles. The van der Waals surface area contributed by atoms with Crippen LogP contribution in [-0.4, -0.2) is 67.6 Å². The van der Waals surface area contributed by atoms with Gasteiger partial charge >= 0.3 is 0 Å². The van der Waals surface area contributed by atoms with E-state index in [1.54, 1.807) is 18.9 Å². The third-order valence-corrected chi connectivity index (χ3v) is 7.00. The molecule has 0 unspecified atom stereocenters. The van der Waals surface area contributed by atoms with Crippen LogP contribution in [0.1, 0.15) is 43.7 Å². The normalized spacial score (nSPS) is 25.3. The van der Waals surface area contributed by atoms with E-state index in [1.165, 1.54) is 5.56 Å². The zero-order valence-electron chi connectivity index (χ0n) is 18.5. The van der Waals surface area contributed by atoms with Crippen LogP contribution in [0.3, 0.4) is 0 Å². The minimum absolute atomic E-state index is 0. The number of methoxy groups -OCH3 is 1. The topological polar surface area (TPSA) is 85.1 Å². The minimum atomic E-state index is -0.381. The molecule has 31 heavy (non-hydrogen) atoms. The highest BCUT2D eigenvalue weighted by Gasteiger charge is 2.44. The molecule has 0 saturated carbocycles. The van der Waals surface area contributed by atoms with Gasteiger partial charge in [-0.1, -0.05) is 12.1 Å². The Kier molecular flexibility index (Phi) is 7.50. The number of carbonyl (C=O) groups excluding carboxylic acids is 2. The molecule has 3 aliphatic heterocycles. The summed E-state index contributed by atoms with van der Waals surface area (Å²) < 4.78 is 12.0. The van der Waals surface area contributed by atoms with Crippen molar-refractivity contribution in [3.8, 4) is 5.75 Å². The number of halogens is 1. The monoisotopic (exact) mass is 451 g/mol. The van der Waals surface area contributed by atoms with Gasteiger partial charge in [0, 0.05) is 44.7 Å². The number of nitrogens with zero attached hydrogens (tertiary/aromatic N) is 2. The lowest BCUT2D eigenvalue weighted by Crippen LogP contribution is -2.51. The first-order valence-electron chi connectivity index (χ1n) is 11.0. The van der Waals surface area contributed by atoms with Gasteiger partial charge < -0.3 is 25.0 Å². The van der Waals surface area contributed by atoms with Gasteiger partial charge in [0.25, 0.3) is 0 Å². The average Bonchev–Trinajstić information content (AvgIpc) is 2.95. The van der Waals surface area contributed by atoms with Gasteiger partial charge in [-0.15, -0.1) is 12.4 Å². The van der Waals surface area contributed by atoms with Gasteiger partial charge in [0.1, 0.15) is 11.4 Å². The second kappa shape index (κ2) is 9.76. The Morgan fingerprint density at radius 2 is 1.90 bits per heavy atom. The van der Waals surface area contributed by atoms with Crippen molar-refractivity contribution in [3.63, 3.8) is 0 Å². The minimum Gasteiger partial charge on any atom is -0.496 e. The van der Waals surface area contributed by atoms with E-state index in [9.17, 15) is 9.59 Å². The first kappa shape index (κ1) is 23.8. The largest absolute Gasteiger partial charge is 0.496 e. The van der Waals surface area contributed by atoms with Gasteiger partial charge in [0.2, 0.25) is 11.8 Å². The smallest absolute Gasteiger partial charge is 0.227 e. The van der Waals surface area contributed by atoms with Gasteiger partial charge in [-0.05, 0) is 43.7 Å². The maximum absolute atomic E-state index is 13.3. The van der Waals surface area contributed by atoms with E-state index in [1.807, 2.05) is 17.0 Å². The lowest BCUT2D eigenvalue weighted by molar-refractivity contribution is -0.146. The number of benzene rings is 1. The van der Waals surface area contributed by atoms with Crippen molar-refractivity contribution in [2.45, 2.75) is 50.7 Å². The first-order valence-corrected chi connectivity index (χ1v) is 11.0. The number of hydrogen-bond donors (Lipinski definition) is 1. The van der Waals surface area contributed by atoms with Crippen LogP contribution >= 0.6 is 12.4 Å². The predicted molar refractivity (Wildman–Crippen MR) is 120 cm³/mol. The van der Waals surface area contributed by atoms with Crippen molar-refractivity contribution in [2.75, 3.05) is 39.9 Å². The summed E-state index contributed by atoms with van der Waals surface area (Å²) in [6.45, 7) is 4.55. The summed E-state index contributed by atoms with van der Waals surface area (Å²) in [4.78, 5) is 28.9.